The lowest BCUT2D eigenvalue weighted by Crippen LogP contribution is -2.20. The van der Waals surface area contributed by atoms with E-state index >= 15 is 0 Å². The highest BCUT2D eigenvalue weighted by atomic mass is 32.2. The van der Waals surface area contributed by atoms with Gasteiger partial charge in [0.25, 0.3) is 10.0 Å². The van der Waals surface area contributed by atoms with Crippen LogP contribution in [0.3, 0.4) is 0 Å². The Morgan fingerprint density at radius 3 is 2.31 bits per heavy atom. The molecular formula is C21H25F3N2O2S. The molecule has 2 aromatic rings. The van der Waals surface area contributed by atoms with Crippen molar-refractivity contribution in [2.75, 3.05) is 24.4 Å². The van der Waals surface area contributed by atoms with E-state index < -0.39 is 22.6 Å². The molecule has 0 aromatic heterocycles. The molecule has 1 atom stereocenters. The molecule has 2 aromatic carbocycles. The van der Waals surface area contributed by atoms with Crippen molar-refractivity contribution in [3.05, 3.63) is 59.7 Å². The summed E-state index contributed by atoms with van der Waals surface area (Å²) in [6.45, 7) is 5.36. The SMILES string of the molecule is CCCN1CCC(c2ccc(NS(=O)(=O)c3ccc(CC(F)(F)F)cc3)cc2)C1. The molecule has 1 fully saturated rings. The lowest BCUT2D eigenvalue weighted by molar-refractivity contribution is -0.127. The van der Waals surface area contributed by atoms with Crippen LogP contribution in [0.1, 0.15) is 36.8 Å². The highest BCUT2D eigenvalue weighted by Gasteiger charge is 2.28. The van der Waals surface area contributed by atoms with Gasteiger partial charge in [-0.1, -0.05) is 31.2 Å². The maximum absolute atomic E-state index is 12.5. The average Bonchev–Trinajstić information content (AvgIpc) is 3.10. The maximum atomic E-state index is 12.5. The van der Waals surface area contributed by atoms with E-state index in [-0.39, 0.29) is 10.5 Å². The Balaban J connectivity index is 1.64. The van der Waals surface area contributed by atoms with Crippen molar-refractivity contribution >= 4 is 15.7 Å². The van der Waals surface area contributed by atoms with E-state index in [1.807, 2.05) is 12.1 Å². The van der Waals surface area contributed by atoms with Crippen LogP contribution in [0.4, 0.5) is 18.9 Å². The molecule has 0 saturated carbocycles. The zero-order valence-corrected chi connectivity index (χ0v) is 17.1. The minimum atomic E-state index is -4.33. The van der Waals surface area contributed by atoms with Crippen LogP contribution in [0.25, 0.3) is 0 Å². The number of nitrogens with zero attached hydrogens (tertiary/aromatic N) is 1. The van der Waals surface area contributed by atoms with Gasteiger partial charge in [0, 0.05) is 12.2 Å². The number of rotatable bonds is 7. The van der Waals surface area contributed by atoms with Crippen LogP contribution in [0.15, 0.2) is 53.4 Å². The average molecular weight is 427 g/mol. The fraction of sp³-hybridized carbons (Fsp3) is 0.429. The van der Waals surface area contributed by atoms with Gasteiger partial charge >= 0.3 is 6.18 Å². The second kappa shape index (κ2) is 8.75. The summed E-state index contributed by atoms with van der Waals surface area (Å²) in [5.41, 5.74) is 1.63. The number of halogens is 3. The number of hydrogen-bond acceptors (Lipinski definition) is 3. The third-order valence-corrected chi connectivity index (χ3v) is 6.48. The summed E-state index contributed by atoms with van der Waals surface area (Å²) in [5.74, 6) is 0.452. The largest absolute Gasteiger partial charge is 0.393 e. The number of alkyl halides is 3. The van der Waals surface area contributed by atoms with Gasteiger partial charge in [-0.2, -0.15) is 13.2 Å². The first-order chi connectivity index (χ1) is 13.7. The minimum Gasteiger partial charge on any atom is -0.303 e. The zero-order chi connectivity index (χ0) is 21.1. The van der Waals surface area contributed by atoms with Crippen molar-refractivity contribution in [3.8, 4) is 0 Å². The van der Waals surface area contributed by atoms with Crippen molar-refractivity contribution < 1.29 is 21.6 Å². The third kappa shape index (κ3) is 5.96. The Hall–Kier alpha value is -2.06. The minimum absolute atomic E-state index is 0.0227. The molecule has 1 aliphatic rings. The van der Waals surface area contributed by atoms with Crippen LogP contribution < -0.4 is 4.72 Å². The van der Waals surface area contributed by atoms with E-state index in [1.54, 1.807) is 12.1 Å². The van der Waals surface area contributed by atoms with Crippen LogP contribution in [-0.2, 0) is 16.4 Å². The number of benzene rings is 2. The molecule has 0 bridgehead atoms. The Morgan fingerprint density at radius 2 is 1.72 bits per heavy atom. The van der Waals surface area contributed by atoms with Crippen LogP contribution in [0, 0.1) is 0 Å². The van der Waals surface area contributed by atoms with E-state index in [4.69, 9.17) is 0 Å². The first-order valence-corrected chi connectivity index (χ1v) is 11.2. The lowest BCUT2D eigenvalue weighted by Gasteiger charge is -2.15. The van der Waals surface area contributed by atoms with Gasteiger partial charge in [0.1, 0.15) is 0 Å². The van der Waals surface area contributed by atoms with Gasteiger partial charge in [-0.05, 0) is 67.2 Å². The highest BCUT2D eigenvalue weighted by molar-refractivity contribution is 7.92. The normalized spacial score (nSPS) is 18.1. The molecule has 1 aliphatic heterocycles. The molecule has 1 heterocycles. The van der Waals surface area contributed by atoms with Crippen LogP contribution in [0.2, 0.25) is 0 Å². The fourth-order valence-corrected chi connectivity index (χ4v) is 4.74. The van der Waals surface area contributed by atoms with E-state index in [1.165, 1.54) is 29.8 Å². The van der Waals surface area contributed by atoms with Crippen molar-refractivity contribution in [2.45, 2.75) is 43.2 Å². The van der Waals surface area contributed by atoms with Gasteiger partial charge in [-0.15, -0.1) is 0 Å². The quantitative estimate of drug-likeness (QED) is 0.693. The second-order valence-corrected chi connectivity index (χ2v) is 9.13. The van der Waals surface area contributed by atoms with Crippen LogP contribution in [0.5, 0.6) is 0 Å². The number of hydrogen-bond donors (Lipinski definition) is 1. The fourth-order valence-electron chi connectivity index (χ4n) is 3.68. The van der Waals surface area contributed by atoms with Gasteiger partial charge in [-0.3, -0.25) is 4.72 Å². The molecule has 4 nitrogen and oxygen atoms in total. The predicted octanol–water partition coefficient (Wildman–Crippen LogP) is 4.79. The monoisotopic (exact) mass is 426 g/mol. The molecule has 8 heteroatoms. The summed E-state index contributed by atoms with van der Waals surface area (Å²) in [7, 11) is -3.86. The molecule has 1 unspecified atom stereocenters. The number of likely N-dealkylation sites (tertiary alicyclic amines) is 1. The predicted molar refractivity (Wildman–Crippen MR) is 108 cm³/mol. The topological polar surface area (TPSA) is 49.4 Å². The third-order valence-electron chi connectivity index (χ3n) is 5.08. The van der Waals surface area contributed by atoms with Crippen molar-refractivity contribution in [2.24, 2.45) is 0 Å². The zero-order valence-electron chi connectivity index (χ0n) is 16.2. The van der Waals surface area contributed by atoms with Gasteiger partial charge in [0.05, 0.1) is 11.3 Å². The van der Waals surface area contributed by atoms with E-state index in [2.05, 4.69) is 16.5 Å². The van der Waals surface area contributed by atoms with Gasteiger partial charge in [-0.25, -0.2) is 8.42 Å². The summed E-state index contributed by atoms with van der Waals surface area (Å²) in [6, 6.07) is 12.1. The Morgan fingerprint density at radius 1 is 1.07 bits per heavy atom. The van der Waals surface area contributed by atoms with Crippen LogP contribution in [-0.4, -0.2) is 39.1 Å². The molecule has 3 rings (SSSR count). The maximum Gasteiger partial charge on any atom is 0.393 e. The summed E-state index contributed by atoms with van der Waals surface area (Å²) in [6.07, 6.45) is -3.19. The Labute approximate surface area is 169 Å². The summed E-state index contributed by atoms with van der Waals surface area (Å²) in [5, 5.41) is 0. The van der Waals surface area contributed by atoms with E-state index in [0.717, 1.165) is 32.5 Å². The molecule has 0 amide bonds. The summed E-state index contributed by atoms with van der Waals surface area (Å²) >= 11 is 0. The van der Waals surface area contributed by atoms with Gasteiger partial charge in [0.15, 0.2) is 0 Å². The summed E-state index contributed by atoms with van der Waals surface area (Å²) < 4.78 is 64.8. The number of sulfonamides is 1. The highest BCUT2D eigenvalue weighted by Crippen LogP contribution is 2.29. The molecule has 0 aliphatic carbocycles. The number of anilines is 1. The van der Waals surface area contributed by atoms with Crippen molar-refractivity contribution in [1.82, 2.24) is 4.90 Å². The standard InChI is InChI=1S/C21H25F3N2O2S/c1-2-12-26-13-11-18(15-26)17-5-7-19(8-6-17)25-29(27,28)20-9-3-16(4-10-20)14-21(22,23)24/h3-10,18,25H,2,11-15H2,1H3. The molecule has 0 spiro atoms. The van der Waals surface area contributed by atoms with Gasteiger partial charge < -0.3 is 4.90 Å². The van der Waals surface area contributed by atoms with Crippen molar-refractivity contribution in [3.63, 3.8) is 0 Å². The Bertz CT molecular complexity index is 910. The van der Waals surface area contributed by atoms with Crippen molar-refractivity contribution in [1.29, 1.82) is 0 Å². The second-order valence-electron chi connectivity index (χ2n) is 7.45. The van der Waals surface area contributed by atoms with E-state index in [0.29, 0.717) is 11.6 Å². The first kappa shape index (κ1) is 21.6. The molecule has 158 valence electrons. The lowest BCUT2D eigenvalue weighted by atomic mass is 9.98. The van der Waals surface area contributed by atoms with Crippen LogP contribution >= 0.6 is 0 Å². The first-order valence-electron chi connectivity index (χ1n) is 9.67. The molecular weight excluding hydrogens is 401 g/mol. The van der Waals surface area contributed by atoms with Gasteiger partial charge in [0.2, 0.25) is 0 Å². The molecule has 1 N–H and O–H groups in total. The molecule has 1 saturated heterocycles. The summed E-state index contributed by atoms with van der Waals surface area (Å²) in [4.78, 5) is 2.36. The Kier molecular flexibility index (Phi) is 6.53. The smallest absolute Gasteiger partial charge is 0.303 e. The number of nitrogens with one attached hydrogen (secondary N) is 1. The molecule has 0 radical (unpaired) electrons. The molecule has 29 heavy (non-hydrogen) atoms. The van der Waals surface area contributed by atoms with E-state index in [9.17, 15) is 21.6 Å².